The van der Waals surface area contributed by atoms with E-state index in [1.807, 2.05) is 48.5 Å². The van der Waals surface area contributed by atoms with E-state index in [4.69, 9.17) is 25.8 Å². The van der Waals surface area contributed by atoms with E-state index in [1.54, 1.807) is 5.43 Å². The lowest BCUT2D eigenvalue weighted by Gasteiger charge is -2.34. The Labute approximate surface area is 225 Å². The highest BCUT2D eigenvalue weighted by Crippen LogP contribution is 2.35. The molecule has 3 aromatic rings. The molecule has 0 atom stereocenters. The molecule has 2 amide bonds. The van der Waals surface area contributed by atoms with Crippen LogP contribution in [0.5, 0.6) is 17.2 Å². The molecule has 1 saturated carbocycles. The van der Waals surface area contributed by atoms with E-state index in [2.05, 4.69) is 13.8 Å². The van der Waals surface area contributed by atoms with Crippen molar-refractivity contribution >= 4 is 23.6 Å². The van der Waals surface area contributed by atoms with Gasteiger partial charge in [0.1, 0.15) is 29.5 Å². The summed E-state index contributed by atoms with van der Waals surface area (Å²) in [7, 11) is 0. The number of Topliss-reactive ketones (excluding diaryl/α,β-unsaturated/α-hetero) is 2. The maximum atomic E-state index is 12.1. The van der Waals surface area contributed by atoms with Crippen molar-refractivity contribution in [3.05, 3.63) is 89.5 Å². The van der Waals surface area contributed by atoms with Crippen molar-refractivity contribution < 1.29 is 33.4 Å². The molecule has 0 aromatic heterocycles. The SMILES string of the molecule is CC(C)(c1ccc(Oc2ccc(C(=O)C(=O)C(=O)NN)cc2)cc1)c1ccc(OC2CC(OC(N)=O)C2)cc1. The quantitative estimate of drug-likeness (QED) is 0.0894. The van der Waals surface area contributed by atoms with Crippen LogP contribution in [-0.2, 0) is 19.7 Å². The van der Waals surface area contributed by atoms with Crippen molar-refractivity contribution in [2.24, 2.45) is 11.6 Å². The van der Waals surface area contributed by atoms with Crippen LogP contribution in [0.4, 0.5) is 4.79 Å². The fourth-order valence-corrected chi connectivity index (χ4v) is 4.23. The van der Waals surface area contributed by atoms with Crippen molar-refractivity contribution in [2.75, 3.05) is 0 Å². The minimum absolute atomic E-state index is 0.00222. The number of primary amides is 1. The number of nitrogens with one attached hydrogen (secondary N) is 1. The highest BCUT2D eigenvalue weighted by molar-refractivity contribution is 6.66. The summed E-state index contributed by atoms with van der Waals surface area (Å²) in [4.78, 5) is 45.8. The Morgan fingerprint density at radius 2 is 1.26 bits per heavy atom. The van der Waals surface area contributed by atoms with Crippen LogP contribution < -0.4 is 26.5 Å². The predicted molar refractivity (Wildman–Crippen MR) is 141 cm³/mol. The third-order valence-electron chi connectivity index (χ3n) is 6.68. The molecule has 0 bridgehead atoms. The zero-order chi connectivity index (χ0) is 28.2. The molecule has 0 aliphatic heterocycles. The number of ketones is 2. The van der Waals surface area contributed by atoms with E-state index in [-0.39, 0.29) is 23.2 Å². The van der Waals surface area contributed by atoms with Crippen molar-refractivity contribution in [2.45, 2.75) is 44.3 Å². The van der Waals surface area contributed by atoms with Crippen molar-refractivity contribution in [1.82, 2.24) is 5.43 Å². The maximum Gasteiger partial charge on any atom is 0.404 e. The second-order valence-electron chi connectivity index (χ2n) is 9.70. The molecule has 0 unspecified atom stereocenters. The van der Waals surface area contributed by atoms with Crippen LogP contribution in [0.1, 0.15) is 48.2 Å². The van der Waals surface area contributed by atoms with E-state index in [0.717, 1.165) is 16.9 Å². The van der Waals surface area contributed by atoms with Gasteiger partial charge in [0, 0.05) is 23.8 Å². The molecular weight excluding hydrogens is 502 g/mol. The number of carbonyl (C=O) groups is 4. The van der Waals surface area contributed by atoms with Crippen LogP contribution in [-0.4, -0.2) is 35.8 Å². The third kappa shape index (κ3) is 6.42. The second kappa shape index (κ2) is 11.4. The third-order valence-corrected chi connectivity index (χ3v) is 6.68. The average molecular weight is 532 g/mol. The number of amides is 2. The van der Waals surface area contributed by atoms with Crippen LogP contribution in [0, 0.1) is 0 Å². The van der Waals surface area contributed by atoms with E-state index in [1.165, 1.54) is 24.3 Å². The molecular formula is C29H29N3O7. The molecule has 202 valence electrons. The van der Waals surface area contributed by atoms with Gasteiger partial charge in [-0.05, 0) is 59.7 Å². The Balaban J connectivity index is 1.35. The Hall–Kier alpha value is -4.70. The standard InChI is InChI=1S/C29H29N3O7/c1-29(2,19-7-13-22(14-8-19)38-23-15-24(16-23)39-28(30)36)18-5-11-21(12-6-18)37-20-9-3-17(4-10-20)25(33)26(34)27(35)32-31/h3-14,23-24H,15-16,31H2,1-2H3,(H2,30,36)(H,32,35). The first-order valence-electron chi connectivity index (χ1n) is 12.3. The Morgan fingerprint density at radius 1 is 0.769 bits per heavy atom. The summed E-state index contributed by atoms with van der Waals surface area (Å²) < 4.78 is 16.8. The molecule has 1 aliphatic rings. The van der Waals surface area contributed by atoms with Gasteiger partial charge in [-0.3, -0.25) is 19.8 Å². The fraction of sp³-hybridized carbons (Fsp3) is 0.241. The van der Waals surface area contributed by atoms with Crippen molar-refractivity contribution in [3.8, 4) is 17.2 Å². The van der Waals surface area contributed by atoms with Crippen molar-refractivity contribution in [1.29, 1.82) is 0 Å². The number of ether oxygens (including phenoxy) is 3. The molecule has 1 fully saturated rings. The highest BCUT2D eigenvalue weighted by Gasteiger charge is 2.33. The van der Waals surface area contributed by atoms with Crippen LogP contribution >= 0.6 is 0 Å². The fourth-order valence-electron chi connectivity index (χ4n) is 4.23. The topological polar surface area (TPSA) is 160 Å². The summed E-state index contributed by atoms with van der Waals surface area (Å²) >= 11 is 0. The van der Waals surface area contributed by atoms with E-state index < -0.39 is 23.6 Å². The minimum Gasteiger partial charge on any atom is -0.490 e. The van der Waals surface area contributed by atoms with E-state index in [0.29, 0.717) is 24.3 Å². The number of hydrogen-bond acceptors (Lipinski definition) is 8. The molecule has 0 saturated heterocycles. The number of nitrogens with two attached hydrogens (primary N) is 2. The second-order valence-corrected chi connectivity index (χ2v) is 9.70. The number of carbonyl (C=O) groups excluding carboxylic acids is 4. The van der Waals surface area contributed by atoms with Crippen LogP contribution in [0.3, 0.4) is 0 Å². The summed E-state index contributed by atoms with van der Waals surface area (Å²) in [5.74, 6) is 3.34. The number of hydrazine groups is 1. The van der Waals surface area contributed by atoms with Crippen LogP contribution in [0.25, 0.3) is 0 Å². The zero-order valence-corrected chi connectivity index (χ0v) is 21.5. The summed E-state index contributed by atoms with van der Waals surface area (Å²) in [6.07, 6.45) is 0.308. The minimum atomic E-state index is -1.24. The lowest BCUT2D eigenvalue weighted by molar-refractivity contribution is -0.135. The maximum absolute atomic E-state index is 12.1. The predicted octanol–water partition coefficient (Wildman–Crippen LogP) is 3.55. The van der Waals surface area contributed by atoms with Gasteiger partial charge in [0.15, 0.2) is 0 Å². The molecule has 0 radical (unpaired) electrons. The Morgan fingerprint density at radius 3 is 1.74 bits per heavy atom. The lowest BCUT2D eigenvalue weighted by Crippen LogP contribution is -2.41. The van der Waals surface area contributed by atoms with Gasteiger partial charge in [0.05, 0.1) is 0 Å². The van der Waals surface area contributed by atoms with Gasteiger partial charge in [-0.15, -0.1) is 0 Å². The monoisotopic (exact) mass is 531 g/mol. The van der Waals surface area contributed by atoms with Gasteiger partial charge in [0.25, 0.3) is 5.78 Å². The van der Waals surface area contributed by atoms with E-state index >= 15 is 0 Å². The smallest absolute Gasteiger partial charge is 0.404 e. The lowest BCUT2D eigenvalue weighted by atomic mass is 9.78. The zero-order valence-electron chi connectivity index (χ0n) is 21.5. The van der Waals surface area contributed by atoms with Gasteiger partial charge in [-0.25, -0.2) is 10.6 Å². The molecule has 4 rings (SSSR count). The summed E-state index contributed by atoms with van der Waals surface area (Å²) in [5.41, 5.74) is 8.63. The average Bonchev–Trinajstić information content (AvgIpc) is 2.91. The summed E-state index contributed by atoms with van der Waals surface area (Å²) in [5, 5.41) is 0. The molecule has 0 heterocycles. The summed E-state index contributed by atoms with van der Waals surface area (Å²) in [6, 6.07) is 21.5. The van der Waals surface area contributed by atoms with Crippen LogP contribution in [0.15, 0.2) is 72.8 Å². The largest absolute Gasteiger partial charge is 0.490 e. The number of benzene rings is 3. The van der Waals surface area contributed by atoms with Gasteiger partial charge >= 0.3 is 12.0 Å². The van der Waals surface area contributed by atoms with Gasteiger partial charge in [-0.1, -0.05) is 38.1 Å². The molecule has 0 spiro atoms. The van der Waals surface area contributed by atoms with Gasteiger partial charge < -0.3 is 19.9 Å². The van der Waals surface area contributed by atoms with Gasteiger partial charge in [0.2, 0.25) is 5.78 Å². The molecule has 3 aromatic carbocycles. The first kappa shape index (κ1) is 27.3. The molecule has 1 aliphatic carbocycles. The highest BCUT2D eigenvalue weighted by atomic mass is 16.6. The number of hydrogen-bond donors (Lipinski definition) is 3. The van der Waals surface area contributed by atoms with Crippen molar-refractivity contribution in [3.63, 3.8) is 0 Å². The first-order chi connectivity index (χ1) is 18.6. The molecule has 39 heavy (non-hydrogen) atoms. The normalized spacial score (nSPS) is 16.4. The van der Waals surface area contributed by atoms with Gasteiger partial charge in [-0.2, -0.15) is 0 Å². The molecule has 10 heteroatoms. The summed E-state index contributed by atoms with van der Waals surface area (Å²) in [6.45, 7) is 4.25. The Bertz CT molecular complexity index is 1360. The number of rotatable bonds is 10. The first-order valence-corrected chi connectivity index (χ1v) is 12.3. The molecule has 10 nitrogen and oxygen atoms in total. The molecule has 5 N–H and O–H groups in total. The van der Waals surface area contributed by atoms with E-state index in [9.17, 15) is 19.2 Å². The Kier molecular flexibility index (Phi) is 7.96. The van der Waals surface area contributed by atoms with Crippen LogP contribution in [0.2, 0.25) is 0 Å².